The lowest BCUT2D eigenvalue weighted by Gasteiger charge is -2.52. The minimum Gasteiger partial charge on any atom is -0.461 e. The van der Waals surface area contributed by atoms with Gasteiger partial charge in [0.05, 0.1) is 18.0 Å². The summed E-state index contributed by atoms with van der Waals surface area (Å²) in [6.07, 6.45) is 7.47. The van der Waals surface area contributed by atoms with E-state index in [0.717, 1.165) is 44.9 Å². The molecule has 4 N–H and O–H groups in total. The van der Waals surface area contributed by atoms with Crippen LogP contribution in [-0.2, 0) is 14.3 Å². The average Bonchev–Trinajstić information content (AvgIpc) is 2.84. The zero-order valence-corrected chi connectivity index (χ0v) is 24.5. The fourth-order valence-corrected chi connectivity index (χ4v) is 8.43. The minimum atomic E-state index is -0.691. The Balaban J connectivity index is 1.91. The Morgan fingerprint density at radius 2 is 1.86 bits per heavy atom. The Morgan fingerprint density at radius 3 is 2.51 bits per heavy atom. The van der Waals surface area contributed by atoms with E-state index in [-0.39, 0.29) is 40.6 Å². The van der Waals surface area contributed by atoms with Crippen LogP contribution in [0.15, 0.2) is 12.7 Å². The lowest BCUT2D eigenvalue weighted by atomic mass is 9.55. The number of Topliss-reactive ketones (excluding diaryl/α,β-unsaturated/α-hetero) is 1. The van der Waals surface area contributed by atoms with Gasteiger partial charge in [-0.2, -0.15) is 0 Å². The van der Waals surface area contributed by atoms with Gasteiger partial charge in [0.15, 0.2) is 0 Å². The van der Waals surface area contributed by atoms with Crippen LogP contribution in [0.25, 0.3) is 0 Å². The maximum Gasteiger partial charge on any atom is 0.316 e. The van der Waals surface area contributed by atoms with E-state index in [4.69, 9.17) is 10.5 Å². The van der Waals surface area contributed by atoms with Crippen molar-refractivity contribution in [1.29, 1.82) is 0 Å². The van der Waals surface area contributed by atoms with Crippen LogP contribution in [0.1, 0.15) is 98.8 Å². The maximum atomic E-state index is 13.6. The number of rotatable bonds is 5. The fraction of sp³-hybridized carbons (Fsp3) is 0.867. The number of hydrogen-bond acceptors (Lipinski definition) is 7. The zero-order valence-electron chi connectivity index (χ0n) is 23.7. The van der Waals surface area contributed by atoms with E-state index < -0.39 is 34.6 Å². The molecule has 6 nitrogen and oxygen atoms in total. The van der Waals surface area contributed by atoms with Gasteiger partial charge in [-0.1, -0.05) is 53.5 Å². The van der Waals surface area contributed by atoms with Crippen molar-refractivity contribution in [2.24, 2.45) is 33.8 Å². The van der Waals surface area contributed by atoms with Crippen molar-refractivity contribution in [3.05, 3.63) is 12.7 Å². The Hall–Kier alpha value is -0.890. The van der Waals surface area contributed by atoms with Gasteiger partial charge in [0.2, 0.25) is 0 Å². The van der Waals surface area contributed by atoms with Crippen LogP contribution in [-0.4, -0.2) is 57.3 Å². The van der Waals surface area contributed by atoms with Crippen LogP contribution in [0.3, 0.4) is 0 Å². The Bertz CT molecular complexity index is 833. The molecule has 0 saturated heterocycles. The summed E-state index contributed by atoms with van der Waals surface area (Å²) in [6.45, 7) is 14.5. The number of thioether (sulfide) groups is 1. The first-order valence-electron chi connectivity index (χ1n) is 14.3. The van der Waals surface area contributed by atoms with Crippen LogP contribution in [0.4, 0.5) is 0 Å². The number of aliphatic hydroxyl groups is 2. The molecule has 2 unspecified atom stereocenters. The van der Waals surface area contributed by atoms with Gasteiger partial charge in [-0.3, -0.25) is 9.59 Å². The average molecular weight is 538 g/mol. The molecule has 9 atom stereocenters. The molecule has 7 heteroatoms. The predicted molar refractivity (Wildman–Crippen MR) is 150 cm³/mol. The van der Waals surface area contributed by atoms with Crippen molar-refractivity contribution in [2.45, 2.75) is 128 Å². The molecule has 0 aromatic carbocycles. The highest BCUT2D eigenvalue weighted by molar-refractivity contribution is 8.00. The van der Waals surface area contributed by atoms with Gasteiger partial charge in [0.1, 0.15) is 11.9 Å². The number of esters is 1. The third-order valence-electron chi connectivity index (χ3n) is 10.2. The van der Waals surface area contributed by atoms with Crippen LogP contribution >= 0.6 is 11.8 Å². The summed E-state index contributed by atoms with van der Waals surface area (Å²) in [6, 6.07) is 0.0142. The molecule has 3 rings (SSSR count). The molecule has 212 valence electrons. The van der Waals surface area contributed by atoms with Crippen molar-refractivity contribution in [3.63, 3.8) is 0 Å². The molecule has 3 aliphatic rings. The van der Waals surface area contributed by atoms with Crippen LogP contribution in [0.5, 0.6) is 0 Å². The van der Waals surface area contributed by atoms with Gasteiger partial charge in [0.25, 0.3) is 0 Å². The van der Waals surface area contributed by atoms with Gasteiger partial charge in [-0.05, 0) is 56.3 Å². The van der Waals surface area contributed by atoms with E-state index in [1.54, 1.807) is 0 Å². The normalized spacial score (nSPS) is 43.2. The van der Waals surface area contributed by atoms with Crippen molar-refractivity contribution in [3.8, 4) is 0 Å². The first kappa shape index (κ1) is 30.6. The highest BCUT2D eigenvalue weighted by atomic mass is 32.2. The second kappa shape index (κ2) is 12.1. The number of ketones is 1. The van der Waals surface area contributed by atoms with Gasteiger partial charge in [-0.25, -0.2) is 0 Å². The predicted octanol–water partition coefficient (Wildman–Crippen LogP) is 5.04. The van der Waals surface area contributed by atoms with E-state index in [9.17, 15) is 19.8 Å². The van der Waals surface area contributed by atoms with Crippen LogP contribution < -0.4 is 5.73 Å². The summed E-state index contributed by atoms with van der Waals surface area (Å²) in [5.41, 5.74) is 4.37. The molecular weight excluding hydrogens is 486 g/mol. The standard InChI is InChI=1S/C30H51NO5S/c1-7-29(5)17-25(36-26(34)18-37-24-14-13-20(31)16-23(24)33)30(6)19(2)10-8-11-21(30)22(32)12-9-15-28(3,4)27(29)35/h7,19-21,23-25,27,33,35H,1,8-18,31H2,2-6H3/t19?,20-,21?,23-,24-,25-,27+,29-,30-/m1/s1. The van der Waals surface area contributed by atoms with E-state index in [2.05, 4.69) is 34.3 Å². The number of carbonyl (C=O) groups excluding carboxylic acids is 2. The van der Waals surface area contributed by atoms with Crippen molar-refractivity contribution in [1.82, 2.24) is 0 Å². The molecule has 0 bridgehead atoms. The lowest BCUT2D eigenvalue weighted by molar-refractivity contribution is -0.172. The first-order chi connectivity index (χ1) is 17.2. The first-order valence-corrected chi connectivity index (χ1v) is 15.4. The molecule has 0 amide bonds. The quantitative estimate of drug-likeness (QED) is 0.333. The maximum absolute atomic E-state index is 13.6. The smallest absolute Gasteiger partial charge is 0.316 e. The van der Waals surface area contributed by atoms with Gasteiger partial charge in [0, 0.05) is 34.5 Å². The third kappa shape index (κ3) is 6.64. The van der Waals surface area contributed by atoms with E-state index in [1.165, 1.54) is 11.8 Å². The minimum absolute atomic E-state index is 0.0142. The van der Waals surface area contributed by atoms with Crippen molar-refractivity contribution >= 4 is 23.5 Å². The monoisotopic (exact) mass is 537 g/mol. The molecule has 0 spiro atoms. The van der Waals surface area contributed by atoms with Crippen molar-refractivity contribution in [2.75, 3.05) is 5.75 Å². The second-order valence-electron chi connectivity index (χ2n) is 13.3. The molecule has 0 aliphatic heterocycles. The molecule has 0 aromatic rings. The topological polar surface area (TPSA) is 110 Å². The lowest BCUT2D eigenvalue weighted by Crippen LogP contribution is -2.54. The second-order valence-corrected chi connectivity index (χ2v) is 14.6. The molecule has 3 fully saturated rings. The van der Waals surface area contributed by atoms with Crippen LogP contribution in [0, 0.1) is 28.1 Å². The number of ether oxygens (including phenoxy) is 1. The Morgan fingerprint density at radius 1 is 1.16 bits per heavy atom. The highest BCUT2D eigenvalue weighted by Gasteiger charge is 2.55. The molecule has 0 radical (unpaired) electrons. The zero-order chi connectivity index (χ0) is 27.6. The van der Waals surface area contributed by atoms with E-state index in [1.807, 2.05) is 13.0 Å². The summed E-state index contributed by atoms with van der Waals surface area (Å²) in [4.78, 5) is 26.9. The third-order valence-corrected chi connectivity index (χ3v) is 11.6. The summed E-state index contributed by atoms with van der Waals surface area (Å²) in [5.74, 6) is 0.115. The van der Waals surface area contributed by atoms with Gasteiger partial charge < -0.3 is 20.7 Å². The van der Waals surface area contributed by atoms with E-state index >= 15 is 0 Å². The fourth-order valence-electron chi connectivity index (χ4n) is 7.37. The number of hydrogen-bond donors (Lipinski definition) is 3. The molecule has 3 saturated carbocycles. The van der Waals surface area contributed by atoms with Gasteiger partial charge in [-0.15, -0.1) is 18.3 Å². The highest BCUT2D eigenvalue weighted by Crippen LogP contribution is 2.54. The molecule has 0 heterocycles. The van der Waals surface area contributed by atoms with Gasteiger partial charge >= 0.3 is 5.97 Å². The summed E-state index contributed by atoms with van der Waals surface area (Å²) >= 11 is 1.44. The summed E-state index contributed by atoms with van der Waals surface area (Å²) in [7, 11) is 0. The number of fused-ring (bicyclic) bond motifs is 1. The SMILES string of the molecule is C=C[C@]1(C)C[C@@H](OC(=O)CS[C@@H]2CC[C@@H](N)C[C@H]2O)[C@]2(C)C(C)CCCC2C(=O)CCCC(C)(C)[C@@H]1O. The molecular formula is C30H51NO5S. The number of nitrogens with two attached hydrogens (primary N) is 1. The largest absolute Gasteiger partial charge is 0.461 e. The van der Waals surface area contributed by atoms with Crippen molar-refractivity contribution < 1.29 is 24.5 Å². The van der Waals surface area contributed by atoms with E-state index in [0.29, 0.717) is 19.3 Å². The summed E-state index contributed by atoms with van der Waals surface area (Å²) < 4.78 is 6.34. The Kier molecular flexibility index (Phi) is 10.0. The number of carbonyl (C=O) groups is 2. The molecule has 3 aliphatic carbocycles. The number of aliphatic hydroxyl groups excluding tert-OH is 2. The molecule has 37 heavy (non-hydrogen) atoms. The summed E-state index contributed by atoms with van der Waals surface area (Å²) in [5, 5.41) is 22.0. The molecule has 0 aromatic heterocycles. The Labute approximate surface area is 228 Å². The van der Waals surface area contributed by atoms with Crippen LogP contribution in [0.2, 0.25) is 0 Å².